The van der Waals surface area contributed by atoms with Gasteiger partial charge in [0.1, 0.15) is 0 Å². The first kappa shape index (κ1) is 15.5. The van der Waals surface area contributed by atoms with Crippen molar-refractivity contribution in [1.29, 1.82) is 0 Å². The minimum Gasteiger partial charge on any atom is -0.481 e. The van der Waals surface area contributed by atoms with Gasteiger partial charge in [-0.05, 0) is 30.0 Å². The lowest BCUT2D eigenvalue weighted by molar-refractivity contribution is -0.144. The number of piperidine rings is 1. The molecule has 21 heavy (non-hydrogen) atoms. The lowest BCUT2D eigenvalue weighted by atomic mass is 9.90. The van der Waals surface area contributed by atoms with Crippen LogP contribution in [0, 0.1) is 11.8 Å². The van der Waals surface area contributed by atoms with E-state index in [1.165, 1.54) is 7.11 Å². The van der Waals surface area contributed by atoms with Gasteiger partial charge in [-0.3, -0.25) is 9.69 Å². The first-order valence-electron chi connectivity index (χ1n) is 7.12. The topological polar surface area (TPSA) is 66.8 Å². The second-order valence-electron chi connectivity index (χ2n) is 5.76. The summed E-state index contributed by atoms with van der Waals surface area (Å²) in [7, 11) is 1.36. The number of aliphatic carboxylic acids is 1. The van der Waals surface area contributed by atoms with Gasteiger partial charge < -0.3 is 9.84 Å². The third kappa shape index (κ3) is 4.04. The number of methoxy groups -OCH3 is 1. The summed E-state index contributed by atoms with van der Waals surface area (Å²) in [6.45, 7) is 4.28. The molecule has 5 heteroatoms. The van der Waals surface area contributed by atoms with E-state index in [2.05, 4.69) is 16.6 Å². The van der Waals surface area contributed by atoms with Crippen molar-refractivity contribution in [1.82, 2.24) is 4.90 Å². The number of rotatable bonds is 4. The van der Waals surface area contributed by atoms with E-state index >= 15 is 0 Å². The number of benzene rings is 1. The monoisotopic (exact) mass is 291 g/mol. The molecule has 1 fully saturated rings. The number of carboxylic acids is 1. The summed E-state index contributed by atoms with van der Waals surface area (Å²) < 4.78 is 4.67. The zero-order valence-corrected chi connectivity index (χ0v) is 12.4. The number of esters is 1. The quantitative estimate of drug-likeness (QED) is 0.860. The van der Waals surface area contributed by atoms with E-state index in [0.29, 0.717) is 24.6 Å². The molecule has 0 amide bonds. The number of carboxylic acid groups (broad SMARTS) is 1. The molecule has 1 heterocycles. The van der Waals surface area contributed by atoms with Crippen LogP contribution >= 0.6 is 0 Å². The fraction of sp³-hybridized carbons (Fsp3) is 0.500. The number of hydrogen-bond acceptors (Lipinski definition) is 4. The lowest BCUT2D eigenvalue weighted by Crippen LogP contribution is -2.41. The normalized spacial score (nSPS) is 22.8. The second-order valence-corrected chi connectivity index (χ2v) is 5.76. The SMILES string of the molecule is COC(=O)c1ccc(CN2CC(C)CC(C(=O)O)C2)cc1. The highest BCUT2D eigenvalue weighted by Gasteiger charge is 2.29. The van der Waals surface area contributed by atoms with E-state index in [0.717, 1.165) is 18.5 Å². The zero-order chi connectivity index (χ0) is 15.4. The molecule has 2 unspecified atom stereocenters. The minimum absolute atomic E-state index is 0.289. The van der Waals surface area contributed by atoms with Crippen LogP contribution in [0.5, 0.6) is 0 Å². The van der Waals surface area contributed by atoms with Gasteiger partial charge in [-0.1, -0.05) is 19.1 Å². The van der Waals surface area contributed by atoms with Gasteiger partial charge in [-0.15, -0.1) is 0 Å². The fourth-order valence-corrected chi connectivity index (χ4v) is 2.89. The maximum Gasteiger partial charge on any atom is 0.337 e. The molecule has 0 aromatic heterocycles. The van der Waals surface area contributed by atoms with Gasteiger partial charge in [0.2, 0.25) is 0 Å². The Kier molecular flexibility index (Phi) is 4.96. The summed E-state index contributed by atoms with van der Waals surface area (Å²) in [4.78, 5) is 24.7. The maximum absolute atomic E-state index is 11.4. The molecule has 1 aromatic carbocycles. The molecular weight excluding hydrogens is 270 g/mol. The highest BCUT2D eigenvalue weighted by molar-refractivity contribution is 5.89. The van der Waals surface area contributed by atoms with Gasteiger partial charge in [-0.2, -0.15) is 0 Å². The van der Waals surface area contributed by atoms with E-state index in [4.69, 9.17) is 0 Å². The Morgan fingerprint density at radius 3 is 2.52 bits per heavy atom. The van der Waals surface area contributed by atoms with E-state index in [1.807, 2.05) is 12.1 Å². The molecule has 1 aliphatic heterocycles. The van der Waals surface area contributed by atoms with Gasteiger partial charge in [0, 0.05) is 19.6 Å². The number of likely N-dealkylation sites (tertiary alicyclic amines) is 1. The Hall–Kier alpha value is -1.88. The largest absolute Gasteiger partial charge is 0.481 e. The van der Waals surface area contributed by atoms with Crippen LogP contribution in [-0.2, 0) is 16.1 Å². The summed E-state index contributed by atoms with van der Waals surface area (Å²) in [6, 6.07) is 7.26. The van der Waals surface area contributed by atoms with E-state index in [1.54, 1.807) is 12.1 Å². The summed E-state index contributed by atoms with van der Waals surface area (Å²) in [5, 5.41) is 9.19. The predicted molar refractivity (Wildman–Crippen MR) is 78.0 cm³/mol. The van der Waals surface area contributed by atoms with Crippen LogP contribution in [-0.4, -0.2) is 42.1 Å². The molecule has 0 radical (unpaired) electrons. The average Bonchev–Trinajstić information content (AvgIpc) is 2.46. The number of nitrogens with zero attached hydrogens (tertiary/aromatic N) is 1. The summed E-state index contributed by atoms with van der Waals surface area (Å²) >= 11 is 0. The third-order valence-electron chi connectivity index (χ3n) is 3.87. The van der Waals surface area contributed by atoms with Crippen molar-refractivity contribution in [3.8, 4) is 0 Å². The predicted octanol–water partition coefficient (Wildman–Crippen LogP) is 2.02. The molecule has 1 N–H and O–H groups in total. The first-order valence-corrected chi connectivity index (χ1v) is 7.12. The van der Waals surface area contributed by atoms with Crippen molar-refractivity contribution in [2.75, 3.05) is 20.2 Å². The summed E-state index contributed by atoms with van der Waals surface area (Å²) in [6.07, 6.45) is 0.743. The lowest BCUT2D eigenvalue weighted by Gasteiger charge is -2.34. The van der Waals surface area contributed by atoms with Gasteiger partial charge in [0.05, 0.1) is 18.6 Å². The van der Waals surface area contributed by atoms with Crippen LogP contribution in [0.15, 0.2) is 24.3 Å². The molecule has 0 bridgehead atoms. The number of carbonyl (C=O) groups is 2. The van der Waals surface area contributed by atoms with Crippen molar-refractivity contribution < 1.29 is 19.4 Å². The number of carbonyl (C=O) groups excluding carboxylic acids is 1. The highest BCUT2D eigenvalue weighted by atomic mass is 16.5. The van der Waals surface area contributed by atoms with E-state index in [9.17, 15) is 14.7 Å². The molecule has 0 aliphatic carbocycles. The molecule has 5 nitrogen and oxygen atoms in total. The van der Waals surface area contributed by atoms with Crippen molar-refractivity contribution >= 4 is 11.9 Å². The Labute approximate surface area is 124 Å². The Balaban J connectivity index is 2.00. The van der Waals surface area contributed by atoms with Crippen molar-refractivity contribution in [3.63, 3.8) is 0 Å². The molecule has 1 aliphatic rings. The molecule has 1 saturated heterocycles. The first-order chi connectivity index (χ1) is 9.99. The molecular formula is C16H21NO4. The van der Waals surface area contributed by atoms with Crippen LogP contribution in [0.4, 0.5) is 0 Å². The summed E-state index contributed by atoms with van der Waals surface area (Å²) in [5.74, 6) is -0.969. The smallest absolute Gasteiger partial charge is 0.337 e. The molecule has 2 rings (SSSR count). The van der Waals surface area contributed by atoms with Gasteiger partial charge in [-0.25, -0.2) is 4.79 Å². The minimum atomic E-state index is -0.715. The van der Waals surface area contributed by atoms with Gasteiger partial charge in [0.15, 0.2) is 0 Å². The summed E-state index contributed by atoms with van der Waals surface area (Å²) in [5.41, 5.74) is 1.59. The number of ether oxygens (including phenoxy) is 1. The van der Waals surface area contributed by atoms with E-state index in [-0.39, 0.29) is 11.9 Å². The Bertz CT molecular complexity index is 512. The van der Waals surface area contributed by atoms with E-state index < -0.39 is 5.97 Å². The van der Waals surface area contributed by atoms with Crippen molar-refractivity contribution in [2.24, 2.45) is 11.8 Å². The van der Waals surface area contributed by atoms with Crippen LogP contribution < -0.4 is 0 Å². The molecule has 1 aromatic rings. The van der Waals surface area contributed by atoms with Crippen molar-refractivity contribution in [2.45, 2.75) is 19.9 Å². The molecule has 0 spiro atoms. The van der Waals surface area contributed by atoms with Crippen molar-refractivity contribution in [3.05, 3.63) is 35.4 Å². The average molecular weight is 291 g/mol. The molecule has 114 valence electrons. The number of hydrogen-bond donors (Lipinski definition) is 1. The standard InChI is InChI=1S/C16H21NO4/c1-11-7-14(15(18)19)10-17(8-11)9-12-3-5-13(6-4-12)16(20)21-2/h3-6,11,14H,7-10H2,1-2H3,(H,18,19). The van der Waals surface area contributed by atoms with Crippen LogP contribution in [0.1, 0.15) is 29.3 Å². The fourth-order valence-electron chi connectivity index (χ4n) is 2.89. The molecule has 2 atom stereocenters. The van der Waals surface area contributed by atoms with Crippen LogP contribution in [0.25, 0.3) is 0 Å². The third-order valence-corrected chi connectivity index (χ3v) is 3.87. The highest BCUT2D eigenvalue weighted by Crippen LogP contribution is 2.23. The van der Waals surface area contributed by atoms with Crippen LogP contribution in [0.2, 0.25) is 0 Å². The Morgan fingerprint density at radius 1 is 1.29 bits per heavy atom. The second kappa shape index (κ2) is 6.72. The van der Waals surface area contributed by atoms with Crippen LogP contribution in [0.3, 0.4) is 0 Å². The Morgan fingerprint density at radius 2 is 1.95 bits per heavy atom. The molecule has 0 saturated carbocycles. The van der Waals surface area contributed by atoms with Gasteiger partial charge >= 0.3 is 11.9 Å². The maximum atomic E-state index is 11.4. The van der Waals surface area contributed by atoms with Gasteiger partial charge in [0.25, 0.3) is 0 Å². The zero-order valence-electron chi connectivity index (χ0n) is 12.4.